The summed E-state index contributed by atoms with van der Waals surface area (Å²) in [6.07, 6.45) is 1.38. The summed E-state index contributed by atoms with van der Waals surface area (Å²) in [5.41, 5.74) is -3.79. The normalized spacial score (nSPS) is 17.1. The topological polar surface area (TPSA) is 108 Å². The molecule has 3 amide bonds. The number of alkyl halides is 3. The Morgan fingerprint density at radius 1 is 1.06 bits per heavy atom. The minimum atomic E-state index is -4.46. The first-order chi connectivity index (χ1) is 16.9. The van der Waals surface area contributed by atoms with Crippen molar-refractivity contribution in [1.82, 2.24) is 10.3 Å². The van der Waals surface area contributed by atoms with Crippen LogP contribution >= 0.6 is 11.8 Å². The number of thioether (sulfide) groups is 1. The molecule has 1 aliphatic rings. The van der Waals surface area contributed by atoms with Gasteiger partial charge in [0.1, 0.15) is 11.9 Å². The van der Waals surface area contributed by atoms with E-state index in [2.05, 4.69) is 15.0 Å². The predicted octanol–water partition coefficient (Wildman–Crippen LogP) is 4.72. The van der Waals surface area contributed by atoms with Gasteiger partial charge in [0.25, 0.3) is 15.9 Å². The molecule has 13 heteroatoms. The number of benzene rings is 2. The third kappa shape index (κ3) is 5.62. The third-order valence-corrected chi connectivity index (χ3v) is 7.51. The maximum atomic E-state index is 13.1. The number of nitrogens with zero attached hydrogens (tertiary/aromatic N) is 2. The summed E-state index contributed by atoms with van der Waals surface area (Å²) >= 11 is -0.299. The summed E-state index contributed by atoms with van der Waals surface area (Å²) < 4.78 is 65.3. The Hall–Kier alpha value is -3.58. The molecule has 2 atom stereocenters. The summed E-state index contributed by atoms with van der Waals surface area (Å²) in [5, 5.41) is 2.59. The number of urea groups is 1. The van der Waals surface area contributed by atoms with E-state index in [0.717, 1.165) is 4.90 Å². The van der Waals surface area contributed by atoms with Crippen LogP contribution in [0.1, 0.15) is 18.4 Å². The molecule has 1 aromatic heterocycles. The number of aromatic nitrogens is 1. The molecular formula is C23H19F3N4O4S2. The number of carbonyl (C=O) groups is 2. The molecule has 1 aliphatic heterocycles. The van der Waals surface area contributed by atoms with Crippen LogP contribution in [0.4, 0.5) is 29.5 Å². The molecule has 188 valence electrons. The van der Waals surface area contributed by atoms with Crippen molar-refractivity contribution < 1.29 is 31.2 Å². The standard InChI is InChI=1S/C23H19F3N4O4S2/c1-14(15-11-12-27-19(13-15)29-36(33,34)18-5-3-2-4-6-18)20-21(31)30(22(32)28-20)16-7-9-17(10-8-16)35-23(24,25)26/h2-14,20H,1H3,(H,27,29)(H,28,32). The first-order valence-electron chi connectivity index (χ1n) is 10.5. The zero-order valence-corrected chi connectivity index (χ0v) is 20.2. The van der Waals surface area contributed by atoms with Crippen LogP contribution < -0.4 is 14.9 Å². The summed E-state index contributed by atoms with van der Waals surface area (Å²) in [4.78, 5) is 30.5. The number of imide groups is 1. The van der Waals surface area contributed by atoms with E-state index in [-0.39, 0.29) is 33.1 Å². The number of sulfonamides is 1. The molecule has 2 unspecified atom stereocenters. The second-order valence-electron chi connectivity index (χ2n) is 7.82. The van der Waals surface area contributed by atoms with E-state index in [1.54, 1.807) is 31.2 Å². The van der Waals surface area contributed by atoms with E-state index < -0.39 is 39.4 Å². The van der Waals surface area contributed by atoms with E-state index in [0.29, 0.717) is 5.56 Å². The number of hydrogen-bond donors (Lipinski definition) is 2. The number of hydrogen-bond acceptors (Lipinski definition) is 6. The zero-order chi connectivity index (χ0) is 26.1. The molecule has 2 heterocycles. The highest BCUT2D eigenvalue weighted by atomic mass is 32.2. The van der Waals surface area contributed by atoms with E-state index in [9.17, 15) is 31.2 Å². The smallest absolute Gasteiger partial charge is 0.325 e. The van der Waals surface area contributed by atoms with Crippen LogP contribution in [0.2, 0.25) is 0 Å². The molecule has 3 aromatic rings. The van der Waals surface area contributed by atoms with Gasteiger partial charge in [-0.05, 0) is 65.9 Å². The summed E-state index contributed by atoms with van der Waals surface area (Å²) in [6.45, 7) is 1.68. The molecule has 0 aliphatic carbocycles. The molecule has 2 N–H and O–H groups in total. The fourth-order valence-corrected chi connectivity index (χ4v) is 5.21. The van der Waals surface area contributed by atoms with Crippen molar-refractivity contribution in [3.05, 3.63) is 78.5 Å². The Kier molecular flexibility index (Phi) is 6.96. The molecular weight excluding hydrogens is 517 g/mol. The van der Waals surface area contributed by atoms with Gasteiger partial charge in [-0.25, -0.2) is 23.1 Å². The lowest BCUT2D eigenvalue weighted by molar-refractivity contribution is -0.118. The quantitative estimate of drug-likeness (QED) is 0.334. The molecule has 1 saturated heterocycles. The highest BCUT2D eigenvalue weighted by Crippen LogP contribution is 2.38. The summed E-state index contributed by atoms with van der Waals surface area (Å²) in [7, 11) is -3.88. The number of carbonyl (C=O) groups excluding carboxylic acids is 2. The van der Waals surface area contributed by atoms with Crippen molar-refractivity contribution in [1.29, 1.82) is 0 Å². The van der Waals surface area contributed by atoms with Crippen molar-refractivity contribution in [2.75, 3.05) is 9.62 Å². The van der Waals surface area contributed by atoms with Gasteiger partial charge in [0.15, 0.2) is 0 Å². The van der Waals surface area contributed by atoms with Gasteiger partial charge in [-0.2, -0.15) is 13.2 Å². The van der Waals surface area contributed by atoms with Crippen molar-refractivity contribution in [3.63, 3.8) is 0 Å². The summed E-state index contributed by atoms with van der Waals surface area (Å²) in [6, 6.07) is 14.0. The number of amides is 3. The Morgan fingerprint density at radius 2 is 1.72 bits per heavy atom. The minimum Gasteiger partial charge on any atom is -0.325 e. The lowest BCUT2D eigenvalue weighted by Gasteiger charge is -2.19. The Balaban J connectivity index is 1.51. The molecule has 0 bridgehead atoms. The van der Waals surface area contributed by atoms with Crippen LogP contribution in [0.5, 0.6) is 0 Å². The first kappa shape index (κ1) is 25.5. The highest BCUT2D eigenvalue weighted by Gasteiger charge is 2.42. The molecule has 4 rings (SSSR count). The zero-order valence-electron chi connectivity index (χ0n) is 18.6. The van der Waals surface area contributed by atoms with E-state index in [4.69, 9.17) is 0 Å². The fraction of sp³-hybridized carbons (Fsp3) is 0.174. The molecule has 0 saturated carbocycles. The minimum absolute atomic E-state index is 0.0367. The lowest BCUT2D eigenvalue weighted by atomic mass is 9.94. The summed E-state index contributed by atoms with van der Waals surface area (Å²) in [5.74, 6) is -1.13. The van der Waals surface area contributed by atoms with Crippen molar-refractivity contribution in [3.8, 4) is 0 Å². The molecule has 0 spiro atoms. The van der Waals surface area contributed by atoms with Gasteiger partial charge < -0.3 is 5.32 Å². The number of nitrogens with one attached hydrogen (secondary N) is 2. The third-order valence-electron chi connectivity index (χ3n) is 5.40. The molecule has 2 aromatic carbocycles. The maximum absolute atomic E-state index is 13.1. The van der Waals surface area contributed by atoms with Crippen LogP contribution in [0.3, 0.4) is 0 Å². The molecule has 1 fully saturated rings. The van der Waals surface area contributed by atoms with Crippen LogP contribution in [-0.4, -0.2) is 36.9 Å². The second kappa shape index (κ2) is 9.82. The molecule has 0 radical (unpaired) electrons. The number of pyridine rings is 1. The van der Waals surface area contributed by atoms with Gasteiger partial charge in [0.05, 0.1) is 10.6 Å². The Bertz CT molecular complexity index is 1380. The number of rotatable bonds is 7. The number of halogens is 3. The van der Waals surface area contributed by atoms with Crippen LogP contribution in [-0.2, 0) is 14.8 Å². The average Bonchev–Trinajstić information content (AvgIpc) is 3.12. The van der Waals surface area contributed by atoms with Crippen LogP contribution in [0.15, 0.2) is 82.7 Å². The molecule has 36 heavy (non-hydrogen) atoms. The first-order valence-corrected chi connectivity index (χ1v) is 12.8. The Labute approximate surface area is 209 Å². The van der Waals surface area contributed by atoms with Crippen molar-refractivity contribution in [2.24, 2.45) is 0 Å². The highest BCUT2D eigenvalue weighted by molar-refractivity contribution is 8.00. The number of anilines is 2. The second-order valence-corrected chi connectivity index (χ2v) is 10.6. The van der Waals surface area contributed by atoms with Gasteiger partial charge in [0, 0.05) is 17.0 Å². The lowest BCUT2D eigenvalue weighted by Crippen LogP contribution is -2.35. The molecule has 8 nitrogen and oxygen atoms in total. The van der Waals surface area contributed by atoms with Gasteiger partial charge >= 0.3 is 11.5 Å². The SMILES string of the molecule is CC(c1ccnc(NS(=O)(=O)c2ccccc2)c1)C1NC(=O)N(c2ccc(SC(F)(F)F)cc2)C1=O. The van der Waals surface area contributed by atoms with Crippen molar-refractivity contribution in [2.45, 2.75) is 34.2 Å². The average molecular weight is 537 g/mol. The van der Waals surface area contributed by atoms with Gasteiger partial charge in [0.2, 0.25) is 0 Å². The van der Waals surface area contributed by atoms with Gasteiger partial charge in [-0.3, -0.25) is 9.52 Å². The van der Waals surface area contributed by atoms with E-state index >= 15 is 0 Å². The van der Waals surface area contributed by atoms with Crippen LogP contribution in [0.25, 0.3) is 0 Å². The van der Waals surface area contributed by atoms with Crippen molar-refractivity contribution >= 4 is 45.2 Å². The van der Waals surface area contributed by atoms with Gasteiger partial charge in [-0.15, -0.1) is 0 Å². The maximum Gasteiger partial charge on any atom is 0.446 e. The van der Waals surface area contributed by atoms with E-state index in [1.807, 2.05) is 0 Å². The Morgan fingerprint density at radius 3 is 2.36 bits per heavy atom. The largest absolute Gasteiger partial charge is 0.446 e. The fourth-order valence-electron chi connectivity index (χ4n) is 3.65. The monoisotopic (exact) mass is 536 g/mol. The van der Waals surface area contributed by atoms with Crippen LogP contribution in [0, 0.1) is 0 Å². The predicted molar refractivity (Wildman–Crippen MR) is 128 cm³/mol. The van der Waals surface area contributed by atoms with Gasteiger partial charge in [-0.1, -0.05) is 25.1 Å². The van der Waals surface area contributed by atoms with E-state index in [1.165, 1.54) is 48.7 Å².